The van der Waals surface area contributed by atoms with Gasteiger partial charge in [0.1, 0.15) is 23.0 Å². The van der Waals surface area contributed by atoms with E-state index >= 15 is 0 Å². The molecule has 2 heterocycles. The molecule has 0 bridgehead atoms. The molecule has 152 valence electrons. The van der Waals surface area contributed by atoms with E-state index in [1.54, 1.807) is 42.5 Å². The van der Waals surface area contributed by atoms with E-state index in [4.69, 9.17) is 9.15 Å². The van der Waals surface area contributed by atoms with E-state index in [0.717, 1.165) is 4.90 Å². The molecule has 30 heavy (non-hydrogen) atoms. The number of furan rings is 1. The molecule has 2 aromatic carbocycles. The molecule has 1 aliphatic heterocycles. The molecule has 0 fully saturated rings. The summed E-state index contributed by atoms with van der Waals surface area (Å²) >= 11 is 0. The lowest BCUT2D eigenvalue weighted by molar-refractivity contribution is -0.137. The Hall–Kier alpha value is -3.87. The van der Waals surface area contributed by atoms with Crippen LogP contribution in [0.1, 0.15) is 18.2 Å². The highest BCUT2D eigenvalue weighted by molar-refractivity contribution is 6.36. The molecule has 0 aliphatic carbocycles. The third kappa shape index (κ3) is 3.82. The van der Waals surface area contributed by atoms with Gasteiger partial charge >= 0.3 is 0 Å². The van der Waals surface area contributed by atoms with Crippen LogP contribution >= 0.6 is 0 Å². The number of carbonyl (C=O) groups excluding carboxylic acids is 2. The molecular weight excluding hydrogens is 387 g/mol. The number of ether oxygens (including phenoxy) is 1. The molecule has 7 heteroatoms. The van der Waals surface area contributed by atoms with Crippen molar-refractivity contribution in [1.82, 2.24) is 4.90 Å². The number of carbonyl (C=O) groups is 2. The standard InChI is InChI=1S/C23H19FN2O4/c1-2-29-18-10-8-15(9-11-18)20-21(25-17-6-3-5-16(24)13-17)23(28)26(22(20)27)14-19-7-4-12-30-19/h3-13,25H,2,14H2,1H3. The molecule has 4 rings (SSSR count). The normalized spacial score (nSPS) is 13.9. The summed E-state index contributed by atoms with van der Waals surface area (Å²) in [6.07, 6.45) is 1.48. The van der Waals surface area contributed by atoms with Crippen LogP contribution < -0.4 is 10.1 Å². The predicted octanol–water partition coefficient (Wildman–Crippen LogP) is 4.21. The lowest BCUT2D eigenvalue weighted by atomic mass is 10.0. The fraction of sp³-hybridized carbons (Fsp3) is 0.130. The van der Waals surface area contributed by atoms with Crippen LogP contribution in [0.2, 0.25) is 0 Å². The van der Waals surface area contributed by atoms with E-state index in [1.807, 2.05) is 6.92 Å². The van der Waals surface area contributed by atoms with Crippen LogP contribution in [0.5, 0.6) is 5.75 Å². The zero-order chi connectivity index (χ0) is 21.1. The van der Waals surface area contributed by atoms with Gasteiger partial charge < -0.3 is 14.5 Å². The molecule has 0 saturated carbocycles. The zero-order valence-corrected chi connectivity index (χ0v) is 16.2. The summed E-state index contributed by atoms with van der Waals surface area (Å²) in [7, 11) is 0. The predicted molar refractivity (Wildman–Crippen MR) is 109 cm³/mol. The number of hydrogen-bond acceptors (Lipinski definition) is 5. The lowest BCUT2D eigenvalue weighted by Gasteiger charge is -2.13. The van der Waals surface area contributed by atoms with Gasteiger partial charge in [-0.25, -0.2) is 4.39 Å². The van der Waals surface area contributed by atoms with E-state index < -0.39 is 17.6 Å². The molecule has 1 aromatic heterocycles. The Kier molecular flexibility index (Phi) is 5.34. The third-order valence-corrected chi connectivity index (χ3v) is 4.61. The quantitative estimate of drug-likeness (QED) is 0.595. The van der Waals surface area contributed by atoms with Crippen molar-refractivity contribution in [2.24, 2.45) is 0 Å². The summed E-state index contributed by atoms with van der Waals surface area (Å²) < 4.78 is 24.4. The Morgan fingerprint density at radius 1 is 1.03 bits per heavy atom. The van der Waals surface area contributed by atoms with E-state index in [2.05, 4.69) is 5.32 Å². The van der Waals surface area contributed by atoms with E-state index in [0.29, 0.717) is 29.4 Å². The monoisotopic (exact) mass is 406 g/mol. The minimum atomic E-state index is -0.510. The van der Waals surface area contributed by atoms with Crippen LogP contribution in [0.25, 0.3) is 5.57 Å². The Bertz CT molecular complexity index is 1100. The number of halogens is 1. The van der Waals surface area contributed by atoms with E-state index in [9.17, 15) is 14.0 Å². The molecule has 6 nitrogen and oxygen atoms in total. The van der Waals surface area contributed by atoms with Gasteiger partial charge in [-0.15, -0.1) is 0 Å². The number of nitrogens with one attached hydrogen (secondary N) is 1. The van der Waals surface area contributed by atoms with E-state index in [1.165, 1.54) is 24.5 Å². The summed E-state index contributed by atoms with van der Waals surface area (Å²) in [5, 5.41) is 2.93. The van der Waals surface area contributed by atoms with Gasteiger partial charge in [-0.05, 0) is 55.0 Å². The van der Waals surface area contributed by atoms with Gasteiger partial charge in [0, 0.05) is 5.69 Å². The first kappa shape index (κ1) is 19.4. The Morgan fingerprint density at radius 2 is 1.83 bits per heavy atom. The van der Waals surface area contributed by atoms with Crippen molar-refractivity contribution < 1.29 is 23.1 Å². The fourth-order valence-corrected chi connectivity index (χ4v) is 3.26. The highest BCUT2D eigenvalue weighted by atomic mass is 19.1. The molecule has 0 atom stereocenters. The number of benzene rings is 2. The molecule has 0 spiro atoms. The summed E-state index contributed by atoms with van der Waals surface area (Å²) in [6, 6.07) is 16.0. The maximum Gasteiger partial charge on any atom is 0.278 e. The van der Waals surface area contributed by atoms with Crippen LogP contribution in [0.4, 0.5) is 10.1 Å². The molecule has 0 radical (unpaired) electrons. The highest BCUT2D eigenvalue weighted by Gasteiger charge is 2.39. The summed E-state index contributed by atoms with van der Waals surface area (Å²) in [4.78, 5) is 27.4. The number of anilines is 1. The van der Waals surface area contributed by atoms with Gasteiger partial charge in [-0.2, -0.15) is 0 Å². The number of rotatable bonds is 7. The SMILES string of the molecule is CCOc1ccc(C2=C(Nc3cccc(F)c3)C(=O)N(Cc3ccco3)C2=O)cc1. The largest absolute Gasteiger partial charge is 0.494 e. The maximum absolute atomic E-state index is 13.6. The van der Waals surface area contributed by atoms with Gasteiger partial charge in [0.2, 0.25) is 0 Å². The third-order valence-electron chi connectivity index (χ3n) is 4.61. The molecule has 0 unspecified atom stereocenters. The molecule has 0 saturated heterocycles. The molecule has 3 aromatic rings. The second-order valence-corrected chi connectivity index (χ2v) is 6.62. The smallest absolute Gasteiger partial charge is 0.278 e. The highest BCUT2D eigenvalue weighted by Crippen LogP contribution is 2.32. The topological polar surface area (TPSA) is 71.8 Å². The van der Waals surface area contributed by atoms with E-state index in [-0.39, 0.29) is 17.8 Å². The zero-order valence-electron chi connectivity index (χ0n) is 16.2. The molecular formula is C23H19FN2O4. The first-order chi connectivity index (χ1) is 14.6. The van der Waals surface area contributed by atoms with Crippen LogP contribution in [-0.2, 0) is 16.1 Å². The Morgan fingerprint density at radius 3 is 2.50 bits per heavy atom. The lowest BCUT2D eigenvalue weighted by Crippen LogP contribution is -2.31. The van der Waals surface area contributed by atoms with Gasteiger partial charge in [-0.3, -0.25) is 14.5 Å². The molecule has 2 amide bonds. The van der Waals surface area contributed by atoms with Crippen molar-refractivity contribution in [3.8, 4) is 5.75 Å². The van der Waals surface area contributed by atoms with Crippen LogP contribution in [0.3, 0.4) is 0 Å². The van der Waals surface area contributed by atoms with Gasteiger partial charge in [0.05, 0.1) is 25.0 Å². The Labute approximate surface area is 172 Å². The second-order valence-electron chi connectivity index (χ2n) is 6.62. The number of nitrogens with zero attached hydrogens (tertiary/aromatic N) is 1. The van der Waals surface area contributed by atoms with Crippen molar-refractivity contribution in [3.63, 3.8) is 0 Å². The second kappa shape index (κ2) is 8.24. The van der Waals surface area contributed by atoms with Gasteiger partial charge in [-0.1, -0.05) is 18.2 Å². The van der Waals surface area contributed by atoms with Crippen molar-refractivity contribution in [1.29, 1.82) is 0 Å². The van der Waals surface area contributed by atoms with Crippen molar-refractivity contribution in [2.45, 2.75) is 13.5 Å². The van der Waals surface area contributed by atoms with Gasteiger partial charge in [0.15, 0.2) is 0 Å². The van der Waals surface area contributed by atoms with Crippen molar-refractivity contribution >= 4 is 23.1 Å². The molecule has 1 aliphatic rings. The fourth-order valence-electron chi connectivity index (χ4n) is 3.26. The van der Waals surface area contributed by atoms with Gasteiger partial charge in [0.25, 0.3) is 11.8 Å². The summed E-state index contributed by atoms with van der Waals surface area (Å²) in [5.41, 5.74) is 1.22. The number of hydrogen-bond donors (Lipinski definition) is 1. The maximum atomic E-state index is 13.6. The minimum Gasteiger partial charge on any atom is -0.494 e. The van der Waals surface area contributed by atoms with Crippen LogP contribution in [0, 0.1) is 5.82 Å². The summed E-state index contributed by atoms with van der Waals surface area (Å²) in [6.45, 7) is 2.39. The van der Waals surface area contributed by atoms with Crippen molar-refractivity contribution in [3.05, 3.63) is 89.8 Å². The number of amides is 2. The number of imide groups is 1. The minimum absolute atomic E-state index is 0.000469. The first-order valence-electron chi connectivity index (χ1n) is 9.45. The Balaban J connectivity index is 1.73. The first-order valence-corrected chi connectivity index (χ1v) is 9.45. The average Bonchev–Trinajstić information content (AvgIpc) is 3.32. The summed E-state index contributed by atoms with van der Waals surface area (Å²) in [5.74, 6) is -0.281. The van der Waals surface area contributed by atoms with Crippen LogP contribution in [-0.4, -0.2) is 23.3 Å². The van der Waals surface area contributed by atoms with Crippen molar-refractivity contribution in [2.75, 3.05) is 11.9 Å². The van der Waals surface area contributed by atoms with Crippen LogP contribution in [0.15, 0.2) is 77.0 Å². The molecule has 1 N–H and O–H groups in total. The average molecular weight is 406 g/mol.